The fourth-order valence-electron chi connectivity index (χ4n) is 3.09. The van der Waals surface area contributed by atoms with Crippen LogP contribution >= 0.6 is 0 Å². The Morgan fingerprint density at radius 2 is 2.00 bits per heavy atom. The average molecular weight is 220 g/mol. The van der Waals surface area contributed by atoms with Gasteiger partial charge in [-0.1, -0.05) is 12.8 Å². The molecule has 1 aliphatic heterocycles. The van der Waals surface area contributed by atoms with Crippen molar-refractivity contribution in [3.8, 4) is 0 Å². The minimum Gasteiger partial charge on any atom is -0.330 e. The Kier molecular flexibility index (Phi) is 2.67. The average Bonchev–Trinajstić information content (AvgIpc) is 2.96. The fourth-order valence-corrected chi connectivity index (χ4v) is 3.09. The maximum absolute atomic E-state index is 5.78. The van der Waals surface area contributed by atoms with Crippen LogP contribution in [0.3, 0.4) is 0 Å². The minimum absolute atomic E-state index is 0.628. The van der Waals surface area contributed by atoms with Crippen molar-refractivity contribution >= 4 is 0 Å². The van der Waals surface area contributed by atoms with E-state index in [2.05, 4.69) is 14.8 Å². The largest absolute Gasteiger partial charge is 0.330 e. The lowest BCUT2D eigenvalue weighted by Crippen LogP contribution is -2.27. The van der Waals surface area contributed by atoms with Crippen LogP contribution in [0.2, 0.25) is 0 Å². The molecule has 16 heavy (non-hydrogen) atoms. The van der Waals surface area contributed by atoms with Crippen LogP contribution in [0.5, 0.6) is 0 Å². The first-order valence-corrected chi connectivity index (χ1v) is 6.50. The van der Waals surface area contributed by atoms with Crippen molar-refractivity contribution in [2.24, 2.45) is 11.7 Å². The lowest BCUT2D eigenvalue weighted by Gasteiger charge is -2.24. The molecule has 1 unspecified atom stereocenters. The van der Waals surface area contributed by atoms with Gasteiger partial charge in [0.05, 0.1) is 0 Å². The Labute approximate surface area is 96.2 Å². The Hall–Kier alpha value is -0.900. The van der Waals surface area contributed by atoms with E-state index < -0.39 is 0 Å². The molecule has 3 rings (SSSR count). The molecule has 0 amide bonds. The quantitative estimate of drug-likeness (QED) is 0.821. The van der Waals surface area contributed by atoms with Gasteiger partial charge in [-0.15, -0.1) is 10.2 Å². The van der Waals surface area contributed by atoms with Crippen LogP contribution in [0.15, 0.2) is 0 Å². The number of hydrogen-bond acceptors (Lipinski definition) is 3. The van der Waals surface area contributed by atoms with Crippen molar-refractivity contribution in [2.75, 3.05) is 6.54 Å². The van der Waals surface area contributed by atoms with Crippen molar-refractivity contribution in [2.45, 2.75) is 51.0 Å². The number of aryl methyl sites for hydroxylation is 1. The Morgan fingerprint density at radius 1 is 1.19 bits per heavy atom. The van der Waals surface area contributed by atoms with Gasteiger partial charge in [0.1, 0.15) is 11.6 Å². The Balaban J connectivity index is 1.87. The normalized spacial score (nSPS) is 25.9. The van der Waals surface area contributed by atoms with Crippen molar-refractivity contribution in [1.29, 1.82) is 0 Å². The van der Waals surface area contributed by atoms with Crippen LogP contribution in [0.1, 0.15) is 49.7 Å². The van der Waals surface area contributed by atoms with Crippen molar-refractivity contribution in [3.63, 3.8) is 0 Å². The molecule has 4 nitrogen and oxygen atoms in total. The van der Waals surface area contributed by atoms with E-state index >= 15 is 0 Å². The molecule has 1 atom stereocenters. The van der Waals surface area contributed by atoms with E-state index in [0.29, 0.717) is 11.8 Å². The number of nitrogens with two attached hydrogens (primary N) is 1. The molecule has 0 saturated heterocycles. The molecule has 4 heteroatoms. The molecular formula is C12H20N4. The molecule has 0 spiro atoms. The molecule has 2 aliphatic rings. The summed E-state index contributed by atoms with van der Waals surface area (Å²) < 4.78 is 2.36. The summed E-state index contributed by atoms with van der Waals surface area (Å²) in [4.78, 5) is 0. The summed E-state index contributed by atoms with van der Waals surface area (Å²) in [5.74, 6) is 3.72. The van der Waals surface area contributed by atoms with E-state index in [1.54, 1.807) is 0 Å². The monoisotopic (exact) mass is 220 g/mol. The standard InChI is InChI=1S/C12H20N4/c13-7-9-5-6-11-14-15-12(16(11)8-9)10-3-1-2-4-10/h9-10H,1-8,13H2. The molecule has 1 saturated carbocycles. The van der Waals surface area contributed by atoms with E-state index in [0.717, 1.165) is 19.5 Å². The van der Waals surface area contributed by atoms with Crippen molar-refractivity contribution in [1.82, 2.24) is 14.8 Å². The number of rotatable bonds is 2. The van der Waals surface area contributed by atoms with E-state index in [-0.39, 0.29) is 0 Å². The third kappa shape index (κ3) is 1.65. The second kappa shape index (κ2) is 4.17. The SMILES string of the molecule is NCC1CCc2nnc(C3CCCC3)n2C1. The number of nitrogens with zero attached hydrogens (tertiary/aromatic N) is 3. The zero-order valence-electron chi connectivity index (χ0n) is 9.73. The molecule has 2 heterocycles. The van der Waals surface area contributed by atoms with E-state index in [9.17, 15) is 0 Å². The molecule has 1 fully saturated rings. The van der Waals surface area contributed by atoms with Crippen LogP contribution in [-0.2, 0) is 13.0 Å². The second-order valence-corrected chi connectivity index (χ2v) is 5.21. The Bertz CT molecular complexity index is 365. The third-order valence-corrected chi connectivity index (χ3v) is 4.13. The van der Waals surface area contributed by atoms with Gasteiger partial charge in [0.25, 0.3) is 0 Å². The highest BCUT2D eigenvalue weighted by Crippen LogP contribution is 2.34. The van der Waals surface area contributed by atoms with Crippen molar-refractivity contribution in [3.05, 3.63) is 11.6 Å². The predicted molar refractivity (Wildman–Crippen MR) is 62.1 cm³/mol. The topological polar surface area (TPSA) is 56.7 Å². The lowest BCUT2D eigenvalue weighted by molar-refractivity contribution is 0.361. The van der Waals surface area contributed by atoms with E-state index in [1.807, 2.05) is 0 Å². The molecule has 0 radical (unpaired) electrons. The number of fused-ring (bicyclic) bond motifs is 1. The van der Waals surface area contributed by atoms with Gasteiger partial charge in [-0.05, 0) is 31.7 Å². The van der Waals surface area contributed by atoms with Gasteiger partial charge in [-0.3, -0.25) is 0 Å². The van der Waals surface area contributed by atoms with Gasteiger partial charge in [0, 0.05) is 18.9 Å². The zero-order valence-corrected chi connectivity index (χ0v) is 9.73. The molecule has 0 bridgehead atoms. The summed E-state index contributed by atoms with van der Waals surface area (Å²) in [6, 6.07) is 0. The molecule has 0 aromatic carbocycles. The Morgan fingerprint density at radius 3 is 2.75 bits per heavy atom. The summed E-state index contributed by atoms with van der Waals surface area (Å²) in [5.41, 5.74) is 5.78. The smallest absolute Gasteiger partial charge is 0.136 e. The van der Waals surface area contributed by atoms with Gasteiger partial charge >= 0.3 is 0 Å². The highest BCUT2D eigenvalue weighted by molar-refractivity contribution is 5.06. The van der Waals surface area contributed by atoms with Crippen LogP contribution < -0.4 is 5.73 Å². The van der Waals surface area contributed by atoms with Crippen molar-refractivity contribution < 1.29 is 0 Å². The third-order valence-electron chi connectivity index (χ3n) is 4.13. The van der Waals surface area contributed by atoms with Gasteiger partial charge in [0.2, 0.25) is 0 Å². The molecule has 2 N–H and O–H groups in total. The summed E-state index contributed by atoms with van der Waals surface area (Å²) in [6.07, 6.45) is 7.54. The summed E-state index contributed by atoms with van der Waals surface area (Å²) >= 11 is 0. The second-order valence-electron chi connectivity index (χ2n) is 5.21. The first-order chi connectivity index (χ1) is 7.88. The van der Waals surface area contributed by atoms with Gasteiger partial charge in [-0.25, -0.2) is 0 Å². The molecular weight excluding hydrogens is 200 g/mol. The van der Waals surface area contributed by atoms with Crippen LogP contribution in [0, 0.1) is 5.92 Å². The lowest BCUT2D eigenvalue weighted by atomic mass is 9.98. The number of hydrogen-bond donors (Lipinski definition) is 1. The first kappa shape index (κ1) is 10.3. The summed E-state index contributed by atoms with van der Waals surface area (Å²) in [5, 5.41) is 8.76. The highest BCUT2D eigenvalue weighted by Gasteiger charge is 2.27. The van der Waals surface area contributed by atoms with Gasteiger partial charge in [0.15, 0.2) is 0 Å². The zero-order chi connectivity index (χ0) is 11.0. The summed E-state index contributed by atoms with van der Waals surface area (Å²) in [6.45, 7) is 1.84. The molecule has 88 valence electrons. The van der Waals surface area contributed by atoms with E-state index in [1.165, 1.54) is 43.8 Å². The maximum atomic E-state index is 5.78. The molecule has 1 aliphatic carbocycles. The minimum atomic E-state index is 0.628. The van der Waals surface area contributed by atoms with Gasteiger partial charge in [-0.2, -0.15) is 0 Å². The van der Waals surface area contributed by atoms with E-state index in [4.69, 9.17) is 5.73 Å². The maximum Gasteiger partial charge on any atom is 0.136 e. The van der Waals surface area contributed by atoms with Gasteiger partial charge < -0.3 is 10.3 Å². The van der Waals surface area contributed by atoms with Crippen LogP contribution in [0.25, 0.3) is 0 Å². The highest BCUT2D eigenvalue weighted by atomic mass is 15.3. The van der Waals surface area contributed by atoms with Crippen LogP contribution in [0.4, 0.5) is 0 Å². The molecule has 1 aromatic rings. The predicted octanol–water partition coefficient (Wildman–Crippen LogP) is 1.46. The molecule has 1 aromatic heterocycles. The summed E-state index contributed by atoms with van der Waals surface area (Å²) in [7, 11) is 0. The fraction of sp³-hybridized carbons (Fsp3) is 0.833. The van der Waals surface area contributed by atoms with Crippen LogP contribution in [-0.4, -0.2) is 21.3 Å². The first-order valence-electron chi connectivity index (χ1n) is 6.50. The number of aromatic nitrogens is 3.